The molecule has 0 aromatic carbocycles. The number of anilines is 1. The number of hydrogen-bond donors (Lipinski definition) is 1. The van der Waals surface area contributed by atoms with E-state index in [1.807, 2.05) is 19.1 Å². The van der Waals surface area contributed by atoms with Crippen LogP contribution in [0.5, 0.6) is 0 Å². The highest BCUT2D eigenvalue weighted by Crippen LogP contribution is 2.41. The maximum absolute atomic E-state index is 12.3. The number of carbonyl (C=O) groups excluding carboxylic acids is 1. The van der Waals surface area contributed by atoms with Gasteiger partial charge in [0.2, 0.25) is 5.91 Å². The lowest BCUT2D eigenvalue weighted by Gasteiger charge is -2.12. The lowest BCUT2D eigenvalue weighted by atomic mass is 10.1. The van der Waals surface area contributed by atoms with Gasteiger partial charge in [-0.05, 0) is 31.9 Å². The number of aromatic nitrogens is 2. The van der Waals surface area contributed by atoms with Crippen LogP contribution in [0.1, 0.15) is 42.2 Å². The van der Waals surface area contributed by atoms with Crippen molar-refractivity contribution in [3.63, 3.8) is 0 Å². The van der Waals surface area contributed by atoms with Crippen molar-refractivity contribution in [1.82, 2.24) is 9.97 Å². The first-order valence-electron chi connectivity index (χ1n) is 6.52. The summed E-state index contributed by atoms with van der Waals surface area (Å²) in [6, 6.07) is 3.69. The summed E-state index contributed by atoms with van der Waals surface area (Å²) in [4.78, 5) is 21.8. The third-order valence-corrected chi connectivity index (χ3v) is 4.76. The summed E-state index contributed by atoms with van der Waals surface area (Å²) in [5.41, 5.74) is 0.900. The number of amides is 1. The summed E-state index contributed by atoms with van der Waals surface area (Å²) in [7, 11) is 0. The number of carbonyl (C=O) groups is 1. The number of rotatable bonds is 4. The Balaban J connectivity index is 1.76. The van der Waals surface area contributed by atoms with Crippen LogP contribution in [0.25, 0.3) is 0 Å². The van der Waals surface area contributed by atoms with Crippen molar-refractivity contribution < 1.29 is 4.79 Å². The third-order valence-electron chi connectivity index (χ3n) is 3.35. The molecule has 1 fully saturated rings. The average molecular weight is 308 g/mol. The molecular formula is C14H14ClN3OS. The van der Waals surface area contributed by atoms with Crippen LogP contribution in [-0.2, 0) is 4.79 Å². The molecule has 2 aromatic heterocycles. The number of hydrogen-bond acceptors (Lipinski definition) is 4. The molecule has 1 amide bonds. The van der Waals surface area contributed by atoms with Crippen molar-refractivity contribution in [2.45, 2.75) is 31.6 Å². The topological polar surface area (TPSA) is 54.9 Å². The smallest absolute Gasteiger partial charge is 0.233 e. The fraction of sp³-hybridized carbons (Fsp3) is 0.357. The average Bonchev–Trinajstić information content (AvgIpc) is 3.20. The molecule has 6 heteroatoms. The molecule has 1 atom stereocenters. The number of thiophene rings is 1. The van der Waals surface area contributed by atoms with Crippen molar-refractivity contribution >= 4 is 34.7 Å². The van der Waals surface area contributed by atoms with E-state index in [1.54, 1.807) is 12.4 Å². The van der Waals surface area contributed by atoms with Gasteiger partial charge in [-0.15, -0.1) is 11.3 Å². The normalized spacial score (nSPS) is 15.9. The monoisotopic (exact) mass is 307 g/mol. The highest BCUT2D eigenvalue weighted by atomic mass is 35.5. The molecule has 1 unspecified atom stereocenters. The lowest BCUT2D eigenvalue weighted by Crippen LogP contribution is -2.20. The third kappa shape index (κ3) is 2.83. The molecule has 0 spiro atoms. The fourth-order valence-corrected chi connectivity index (χ4v) is 3.13. The largest absolute Gasteiger partial charge is 0.309 e. The summed E-state index contributed by atoms with van der Waals surface area (Å²) in [5.74, 6) is 0.715. The molecule has 1 aliphatic rings. The van der Waals surface area contributed by atoms with Crippen LogP contribution in [0, 0.1) is 0 Å². The summed E-state index contributed by atoms with van der Waals surface area (Å²) in [6.45, 7) is 1.87. The van der Waals surface area contributed by atoms with Crippen LogP contribution in [0.15, 0.2) is 24.5 Å². The van der Waals surface area contributed by atoms with Crippen LogP contribution in [0.3, 0.4) is 0 Å². The second-order valence-electron chi connectivity index (χ2n) is 4.92. The van der Waals surface area contributed by atoms with E-state index >= 15 is 0 Å². The first-order valence-corrected chi connectivity index (χ1v) is 7.71. The molecule has 104 valence electrons. The zero-order valence-corrected chi connectivity index (χ0v) is 12.5. The first-order chi connectivity index (χ1) is 9.65. The minimum atomic E-state index is -0.249. The van der Waals surface area contributed by atoms with Crippen molar-refractivity contribution in [2.24, 2.45) is 0 Å². The molecule has 3 rings (SSSR count). The Hall–Kier alpha value is -1.46. The lowest BCUT2D eigenvalue weighted by molar-refractivity contribution is -0.117. The molecule has 4 nitrogen and oxygen atoms in total. The second-order valence-corrected chi connectivity index (χ2v) is 6.66. The molecular weight excluding hydrogens is 294 g/mol. The van der Waals surface area contributed by atoms with Gasteiger partial charge in [0.15, 0.2) is 5.82 Å². The Morgan fingerprint density at radius 3 is 2.80 bits per heavy atom. The minimum Gasteiger partial charge on any atom is -0.309 e. The molecule has 0 saturated heterocycles. The molecule has 0 aliphatic heterocycles. The van der Waals surface area contributed by atoms with Gasteiger partial charge in [0.1, 0.15) is 0 Å². The van der Waals surface area contributed by atoms with Crippen molar-refractivity contribution in [2.75, 3.05) is 5.32 Å². The Morgan fingerprint density at radius 1 is 1.40 bits per heavy atom. The number of halogens is 1. The van der Waals surface area contributed by atoms with Gasteiger partial charge in [0, 0.05) is 23.2 Å². The Labute approximate surface area is 126 Å². The molecule has 1 aliphatic carbocycles. The van der Waals surface area contributed by atoms with Crippen molar-refractivity contribution in [3.05, 3.63) is 39.4 Å². The van der Waals surface area contributed by atoms with Gasteiger partial charge < -0.3 is 5.32 Å². The predicted molar refractivity (Wildman–Crippen MR) is 80.4 cm³/mol. The molecule has 1 N–H and O–H groups in total. The van der Waals surface area contributed by atoms with Gasteiger partial charge >= 0.3 is 0 Å². The van der Waals surface area contributed by atoms with Crippen LogP contribution >= 0.6 is 22.9 Å². The van der Waals surface area contributed by atoms with Crippen molar-refractivity contribution in [3.8, 4) is 0 Å². The first kappa shape index (κ1) is 13.5. The van der Waals surface area contributed by atoms with E-state index in [0.29, 0.717) is 16.1 Å². The maximum Gasteiger partial charge on any atom is 0.233 e. The van der Waals surface area contributed by atoms with E-state index in [2.05, 4.69) is 15.3 Å². The van der Waals surface area contributed by atoms with Gasteiger partial charge in [-0.25, -0.2) is 4.98 Å². The highest BCUT2D eigenvalue weighted by molar-refractivity contribution is 7.16. The van der Waals surface area contributed by atoms with Crippen molar-refractivity contribution in [1.29, 1.82) is 0 Å². The van der Waals surface area contributed by atoms with Gasteiger partial charge in [-0.2, -0.15) is 0 Å². The Morgan fingerprint density at radius 2 is 2.15 bits per heavy atom. The molecule has 2 aromatic rings. The van der Waals surface area contributed by atoms with E-state index in [4.69, 9.17) is 11.6 Å². The maximum atomic E-state index is 12.3. The van der Waals surface area contributed by atoms with E-state index in [1.165, 1.54) is 11.3 Å². The number of nitrogens with one attached hydrogen (secondary N) is 1. The molecule has 0 bridgehead atoms. The SMILES string of the molecule is CC(C(=O)Nc1nccnc1C1CC1)c1ccc(Cl)s1. The molecule has 2 heterocycles. The minimum absolute atomic E-state index is 0.0779. The molecule has 1 saturated carbocycles. The van der Waals surface area contributed by atoms with Crippen LogP contribution in [0.2, 0.25) is 4.34 Å². The zero-order chi connectivity index (χ0) is 14.1. The van der Waals surface area contributed by atoms with Crippen LogP contribution in [0.4, 0.5) is 5.82 Å². The predicted octanol–water partition coefficient (Wildman–Crippen LogP) is 3.81. The van der Waals surface area contributed by atoms with E-state index in [9.17, 15) is 4.79 Å². The zero-order valence-electron chi connectivity index (χ0n) is 11.0. The van der Waals surface area contributed by atoms with E-state index < -0.39 is 0 Å². The highest BCUT2D eigenvalue weighted by Gasteiger charge is 2.29. The van der Waals surface area contributed by atoms with E-state index in [0.717, 1.165) is 23.4 Å². The summed E-state index contributed by atoms with van der Waals surface area (Å²) in [5, 5.41) is 2.89. The Bertz CT molecular complexity index is 639. The summed E-state index contributed by atoms with van der Waals surface area (Å²) in [6.07, 6.45) is 5.52. The summed E-state index contributed by atoms with van der Waals surface area (Å²) < 4.78 is 0.692. The Kier molecular flexibility index (Phi) is 3.72. The molecule has 0 radical (unpaired) electrons. The van der Waals surface area contributed by atoms with Crippen LogP contribution < -0.4 is 5.32 Å². The van der Waals surface area contributed by atoms with Gasteiger partial charge in [-0.3, -0.25) is 9.78 Å². The van der Waals surface area contributed by atoms with Gasteiger partial charge in [0.25, 0.3) is 0 Å². The number of nitrogens with zero attached hydrogens (tertiary/aromatic N) is 2. The molecule has 20 heavy (non-hydrogen) atoms. The van der Waals surface area contributed by atoms with Gasteiger partial charge in [-0.1, -0.05) is 11.6 Å². The second kappa shape index (κ2) is 5.50. The van der Waals surface area contributed by atoms with Gasteiger partial charge in [0.05, 0.1) is 15.9 Å². The van der Waals surface area contributed by atoms with Crippen LogP contribution in [-0.4, -0.2) is 15.9 Å². The van der Waals surface area contributed by atoms with E-state index in [-0.39, 0.29) is 11.8 Å². The fourth-order valence-electron chi connectivity index (χ4n) is 2.02. The quantitative estimate of drug-likeness (QED) is 0.934. The summed E-state index contributed by atoms with van der Waals surface area (Å²) >= 11 is 7.34. The standard InChI is InChI=1S/C14H14ClN3OS/c1-8(10-4-5-11(15)20-10)14(19)18-13-12(9-2-3-9)16-6-7-17-13/h4-9H,2-3H2,1H3,(H,17,18,19).